The van der Waals surface area contributed by atoms with Gasteiger partial charge in [0, 0.05) is 24.9 Å². The summed E-state index contributed by atoms with van der Waals surface area (Å²) >= 11 is 5.66. The molecule has 1 aliphatic heterocycles. The van der Waals surface area contributed by atoms with E-state index in [1.165, 1.54) is 0 Å². The Morgan fingerprint density at radius 2 is 2.05 bits per heavy atom. The predicted molar refractivity (Wildman–Crippen MR) is 64.5 cm³/mol. The summed E-state index contributed by atoms with van der Waals surface area (Å²) in [4.78, 5) is 24.0. The topological polar surface area (TPSA) is 57.6 Å². The number of anilines is 1. The van der Waals surface area contributed by atoms with Crippen LogP contribution < -0.4 is 4.90 Å². The number of nitrogens with zero attached hydrogens (tertiary/aromatic N) is 1. The van der Waals surface area contributed by atoms with Crippen LogP contribution in [0.2, 0.25) is 0 Å². The fraction of sp³-hybridized carbons (Fsp3) is 0.333. The first-order valence-electron chi connectivity index (χ1n) is 5.52. The van der Waals surface area contributed by atoms with E-state index < -0.39 is 23.2 Å². The second kappa shape index (κ2) is 5.13. The highest BCUT2D eigenvalue weighted by atomic mass is 35.5. The van der Waals surface area contributed by atoms with Crippen molar-refractivity contribution in [2.24, 2.45) is 5.92 Å². The molecule has 1 fully saturated rings. The fourth-order valence-corrected chi connectivity index (χ4v) is 2.26. The molecular formula is C12H10ClF2NO3. The monoisotopic (exact) mass is 289 g/mol. The second-order valence-corrected chi connectivity index (χ2v) is 4.63. The van der Waals surface area contributed by atoms with E-state index in [0.29, 0.717) is 6.07 Å². The summed E-state index contributed by atoms with van der Waals surface area (Å²) in [6, 6.07) is 1.31. The maximum absolute atomic E-state index is 13.3. The van der Waals surface area contributed by atoms with Gasteiger partial charge in [-0.15, -0.1) is 11.6 Å². The summed E-state index contributed by atoms with van der Waals surface area (Å²) in [6.07, 6.45) is 0.168. The Hall–Kier alpha value is -1.69. The van der Waals surface area contributed by atoms with Crippen LogP contribution in [0.25, 0.3) is 0 Å². The van der Waals surface area contributed by atoms with Gasteiger partial charge >= 0.3 is 5.97 Å². The van der Waals surface area contributed by atoms with E-state index in [1.807, 2.05) is 0 Å². The van der Waals surface area contributed by atoms with Gasteiger partial charge in [-0.3, -0.25) is 4.79 Å². The van der Waals surface area contributed by atoms with E-state index in [9.17, 15) is 18.4 Å². The zero-order chi connectivity index (χ0) is 14.2. The number of rotatable bonds is 3. The van der Waals surface area contributed by atoms with E-state index in [-0.39, 0.29) is 36.4 Å². The molecule has 1 aromatic carbocycles. The number of hydrogen-bond donors (Lipinski definition) is 1. The number of carbonyl (C=O) groups excluding carboxylic acids is 1. The van der Waals surface area contributed by atoms with Gasteiger partial charge < -0.3 is 10.0 Å². The summed E-state index contributed by atoms with van der Waals surface area (Å²) in [5, 5.41) is 9.00. The molecule has 1 N–H and O–H groups in total. The van der Waals surface area contributed by atoms with Gasteiger partial charge in [0.2, 0.25) is 5.91 Å². The van der Waals surface area contributed by atoms with E-state index >= 15 is 0 Å². The maximum atomic E-state index is 13.3. The number of carboxylic acid groups (broad SMARTS) is 1. The van der Waals surface area contributed by atoms with Gasteiger partial charge in [-0.1, -0.05) is 0 Å². The van der Waals surface area contributed by atoms with Crippen molar-refractivity contribution in [3.8, 4) is 0 Å². The molecule has 102 valence electrons. The zero-order valence-electron chi connectivity index (χ0n) is 9.70. The normalized spacial score (nSPS) is 19.0. The quantitative estimate of drug-likeness (QED) is 0.868. The fourth-order valence-electron chi connectivity index (χ4n) is 2.05. The molecule has 1 aliphatic rings. The average molecular weight is 290 g/mol. The molecule has 1 heterocycles. The minimum Gasteiger partial charge on any atom is -0.478 e. The number of amides is 1. The van der Waals surface area contributed by atoms with Crippen LogP contribution in [0.4, 0.5) is 14.5 Å². The third-order valence-corrected chi connectivity index (χ3v) is 3.42. The summed E-state index contributed by atoms with van der Waals surface area (Å²) in [5.41, 5.74) is -0.577. The Bertz CT molecular complexity index is 550. The lowest BCUT2D eigenvalue weighted by Gasteiger charge is -2.19. The SMILES string of the molecule is O=C(O)c1cc(F)c(F)cc1N1CC(CCl)CC1=O. The van der Waals surface area contributed by atoms with Crippen molar-refractivity contribution in [2.75, 3.05) is 17.3 Å². The largest absolute Gasteiger partial charge is 0.478 e. The third kappa shape index (κ3) is 2.53. The Kier molecular flexibility index (Phi) is 3.71. The molecule has 0 saturated carbocycles. The van der Waals surface area contributed by atoms with Crippen LogP contribution in [0.15, 0.2) is 12.1 Å². The number of carboxylic acids is 1. The molecule has 0 aromatic heterocycles. The van der Waals surface area contributed by atoms with Crippen LogP contribution in [0, 0.1) is 17.6 Å². The number of carbonyl (C=O) groups is 2. The minimum absolute atomic E-state index is 0.121. The first kappa shape index (κ1) is 13.7. The molecule has 0 aliphatic carbocycles. The molecule has 7 heteroatoms. The maximum Gasteiger partial charge on any atom is 0.337 e. The average Bonchev–Trinajstić information content (AvgIpc) is 2.73. The standard InChI is InChI=1S/C12H10ClF2NO3/c13-4-6-1-11(17)16(5-6)10-3-9(15)8(14)2-7(10)12(18)19/h2-3,6H,1,4-5H2,(H,18,19). The molecule has 1 atom stereocenters. The van der Waals surface area contributed by atoms with Crippen molar-refractivity contribution in [3.05, 3.63) is 29.3 Å². The van der Waals surface area contributed by atoms with E-state index in [4.69, 9.17) is 16.7 Å². The van der Waals surface area contributed by atoms with E-state index in [2.05, 4.69) is 0 Å². The van der Waals surface area contributed by atoms with Gasteiger partial charge in [0.1, 0.15) is 0 Å². The Labute approximate surface area is 112 Å². The van der Waals surface area contributed by atoms with Crippen molar-refractivity contribution in [1.29, 1.82) is 0 Å². The molecule has 1 aromatic rings. The van der Waals surface area contributed by atoms with Crippen molar-refractivity contribution >= 4 is 29.2 Å². The number of benzene rings is 1. The lowest BCUT2D eigenvalue weighted by atomic mass is 10.1. The first-order chi connectivity index (χ1) is 8.93. The molecule has 1 amide bonds. The second-order valence-electron chi connectivity index (χ2n) is 4.32. The highest BCUT2D eigenvalue weighted by Gasteiger charge is 2.33. The van der Waals surface area contributed by atoms with Gasteiger partial charge in [0.15, 0.2) is 11.6 Å². The number of aromatic carboxylic acids is 1. The van der Waals surface area contributed by atoms with Crippen LogP contribution >= 0.6 is 11.6 Å². The van der Waals surface area contributed by atoms with Crippen LogP contribution in [-0.4, -0.2) is 29.4 Å². The van der Waals surface area contributed by atoms with Gasteiger partial charge in [-0.2, -0.15) is 0 Å². The van der Waals surface area contributed by atoms with Gasteiger partial charge in [-0.05, 0) is 12.0 Å². The summed E-state index contributed by atoms with van der Waals surface area (Å²) in [6.45, 7) is 0.202. The highest BCUT2D eigenvalue weighted by molar-refractivity contribution is 6.18. The Balaban J connectivity index is 2.47. The van der Waals surface area contributed by atoms with E-state index in [1.54, 1.807) is 0 Å². The van der Waals surface area contributed by atoms with Crippen molar-refractivity contribution in [2.45, 2.75) is 6.42 Å². The summed E-state index contributed by atoms with van der Waals surface area (Å²) in [7, 11) is 0. The highest BCUT2D eigenvalue weighted by Crippen LogP contribution is 2.30. The van der Waals surface area contributed by atoms with Gasteiger partial charge in [0.05, 0.1) is 11.3 Å². The van der Waals surface area contributed by atoms with Gasteiger partial charge in [-0.25, -0.2) is 13.6 Å². The van der Waals surface area contributed by atoms with Crippen LogP contribution in [0.5, 0.6) is 0 Å². The molecule has 1 unspecified atom stereocenters. The minimum atomic E-state index is -1.42. The molecule has 0 radical (unpaired) electrons. The number of halogens is 3. The molecule has 0 spiro atoms. The lowest BCUT2D eigenvalue weighted by Crippen LogP contribution is -2.27. The summed E-state index contributed by atoms with van der Waals surface area (Å²) in [5.74, 6) is -4.10. The molecule has 19 heavy (non-hydrogen) atoms. The van der Waals surface area contributed by atoms with Crippen LogP contribution in [-0.2, 0) is 4.79 Å². The van der Waals surface area contributed by atoms with Crippen LogP contribution in [0.1, 0.15) is 16.8 Å². The van der Waals surface area contributed by atoms with Gasteiger partial charge in [0.25, 0.3) is 0 Å². The number of alkyl halides is 1. The molecule has 2 rings (SSSR count). The van der Waals surface area contributed by atoms with Crippen molar-refractivity contribution < 1.29 is 23.5 Å². The number of hydrogen-bond acceptors (Lipinski definition) is 2. The summed E-state index contributed by atoms with van der Waals surface area (Å²) < 4.78 is 26.3. The predicted octanol–water partition coefficient (Wildman–Crippen LogP) is 2.25. The zero-order valence-corrected chi connectivity index (χ0v) is 10.5. The van der Waals surface area contributed by atoms with Crippen molar-refractivity contribution in [3.63, 3.8) is 0 Å². The molecular weight excluding hydrogens is 280 g/mol. The molecule has 1 saturated heterocycles. The smallest absolute Gasteiger partial charge is 0.337 e. The first-order valence-corrected chi connectivity index (χ1v) is 6.06. The Morgan fingerprint density at radius 1 is 1.42 bits per heavy atom. The Morgan fingerprint density at radius 3 is 2.58 bits per heavy atom. The third-order valence-electron chi connectivity index (χ3n) is 2.98. The molecule has 0 bridgehead atoms. The van der Waals surface area contributed by atoms with Crippen LogP contribution in [0.3, 0.4) is 0 Å². The molecule has 4 nitrogen and oxygen atoms in total. The van der Waals surface area contributed by atoms with Crippen molar-refractivity contribution in [1.82, 2.24) is 0 Å². The van der Waals surface area contributed by atoms with E-state index in [0.717, 1.165) is 11.0 Å². The lowest BCUT2D eigenvalue weighted by molar-refractivity contribution is -0.117.